The van der Waals surface area contributed by atoms with Crippen molar-refractivity contribution >= 4 is 5.65 Å². The fourth-order valence-corrected chi connectivity index (χ4v) is 2.69. The van der Waals surface area contributed by atoms with Crippen LogP contribution in [0.1, 0.15) is 18.2 Å². The van der Waals surface area contributed by atoms with E-state index in [1.807, 2.05) is 29.9 Å². The molecule has 21 heavy (non-hydrogen) atoms. The van der Waals surface area contributed by atoms with Gasteiger partial charge < -0.3 is 10.1 Å². The number of likely N-dealkylation sites (N-methyl/N-ethyl adjacent to an activating group) is 1. The Kier molecular flexibility index (Phi) is 4.48. The van der Waals surface area contributed by atoms with Crippen LogP contribution in [-0.4, -0.2) is 58.4 Å². The van der Waals surface area contributed by atoms with Crippen LogP contribution >= 0.6 is 0 Å². The van der Waals surface area contributed by atoms with Crippen LogP contribution in [0.3, 0.4) is 0 Å². The first-order valence-electron chi connectivity index (χ1n) is 7.60. The summed E-state index contributed by atoms with van der Waals surface area (Å²) in [6.45, 7) is 9.82. The first-order valence-corrected chi connectivity index (χ1v) is 7.60. The molecule has 3 heterocycles. The highest BCUT2D eigenvalue weighted by Gasteiger charge is 2.18. The van der Waals surface area contributed by atoms with E-state index in [2.05, 4.69) is 27.2 Å². The highest BCUT2D eigenvalue weighted by atomic mass is 16.5. The first kappa shape index (κ1) is 14.4. The molecule has 114 valence electrons. The minimum absolute atomic E-state index is 0.280. The number of nitrogens with one attached hydrogen (secondary N) is 1. The largest absolute Gasteiger partial charge is 0.374 e. The molecule has 1 unspecified atom stereocenters. The van der Waals surface area contributed by atoms with Gasteiger partial charge >= 0.3 is 0 Å². The van der Waals surface area contributed by atoms with Crippen LogP contribution in [0.15, 0.2) is 18.5 Å². The van der Waals surface area contributed by atoms with Crippen LogP contribution in [0.2, 0.25) is 0 Å². The van der Waals surface area contributed by atoms with E-state index in [9.17, 15) is 0 Å². The van der Waals surface area contributed by atoms with Crippen molar-refractivity contribution in [2.75, 3.05) is 32.8 Å². The average Bonchev–Trinajstić information content (AvgIpc) is 2.87. The molecule has 6 heteroatoms. The second-order valence-corrected chi connectivity index (χ2v) is 5.57. The Morgan fingerprint density at radius 1 is 1.48 bits per heavy atom. The van der Waals surface area contributed by atoms with Crippen LogP contribution < -0.4 is 5.32 Å². The smallest absolute Gasteiger partial charge is 0.155 e. The number of hydrogen-bond acceptors (Lipinski definition) is 5. The third kappa shape index (κ3) is 3.58. The zero-order valence-electron chi connectivity index (χ0n) is 12.7. The lowest BCUT2D eigenvalue weighted by atomic mass is 10.2. The van der Waals surface area contributed by atoms with Crippen molar-refractivity contribution in [2.45, 2.75) is 26.5 Å². The Morgan fingerprint density at radius 2 is 2.38 bits per heavy atom. The average molecular weight is 289 g/mol. The Bertz CT molecular complexity index is 597. The maximum atomic E-state index is 5.78. The van der Waals surface area contributed by atoms with Crippen LogP contribution in [0, 0.1) is 6.92 Å². The summed E-state index contributed by atoms with van der Waals surface area (Å²) in [7, 11) is 0. The van der Waals surface area contributed by atoms with E-state index < -0.39 is 0 Å². The van der Waals surface area contributed by atoms with Crippen molar-refractivity contribution in [3.05, 3.63) is 29.7 Å². The summed E-state index contributed by atoms with van der Waals surface area (Å²) in [6.07, 6.45) is 4.22. The lowest BCUT2D eigenvalue weighted by Gasteiger charge is -2.32. The number of aromatic nitrogens is 3. The SMILES string of the molecule is CCN1CCOC(CNCc2cnc3cc(C)nn3c2)C1. The topological polar surface area (TPSA) is 54.7 Å². The van der Waals surface area contributed by atoms with Gasteiger partial charge in [-0.25, -0.2) is 9.50 Å². The van der Waals surface area contributed by atoms with Gasteiger partial charge in [0.2, 0.25) is 0 Å². The number of fused-ring (bicyclic) bond motifs is 1. The molecule has 0 aliphatic carbocycles. The number of nitrogens with zero attached hydrogens (tertiary/aromatic N) is 4. The molecule has 1 aliphatic heterocycles. The lowest BCUT2D eigenvalue weighted by Crippen LogP contribution is -2.46. The van der Waals surface area contributed by atoms with Crippen LogP contribution in [-0.2, 0) is 11.3 Å². The minimum atomic E-state index is 0.280. The van der Waals surface area contributed by atoms with E-state index in [1.54, 1.807) is 0 Å². The molecule has 3 rings (SSSR count). The summed E-state index contributed by atoms with van der Waals surface area (Å²) >= 11 is 0. The zero-order chi connectivity index (χ0) is 14.7. The highest BCUT2D eigenvalue weighted by molar-refractivity contribution is 5.38. The monoisotopic (exact) mass is 289 g/mol. The number of rotatable bonds is 5. The van der Waals surface area contributed by atoms with Crippen molar-refractivity contribution in [1.29, 1.82) is 0 Å². The van der Waals surface area contributed by atoms with E-state index in [0.717, 1.165) is 56.2 Å². The fourth-order valence-electron chi connectivity index (χ4n) is 2.69. The molecule has 0 spiro atoms. The summed E-state index contributed by atoms with van der Waals surface area (Å²) in [4.78, 5) is 6.84. The Labute approximate surface area is 125 Å². The number of aryl methyl sites for hydroxylation is 1. The predicted octanol–water partition coefficient (Wildman–Crippen LogP) is 0.848. The quantitative estimate of drug-likeness (QED) is 0.884. The number of morpholine rings is 1. The summed E-state index contributed by atoms with van der Waals surface area (Å²) < 4.78 is 7.62. The van der Waals surface area contributed by atoms with Crippen LogP contribution in [0.25, 0.3) is 5.65 Å². The molecule has 1 atom stereocenters. The van der Waals surface area contributed by atoms with Crippen molar-refractivity contribution < 1.29 is 4.74 Å². The van der Waals surface area contributed by atoms with Gasteiger partial charge in [-0.2, -0.15) is 5.10 Å². The normalized spacial score (nSPS) is 20.2. The highest BCUT2D eigenvalue weighted by Crippen LogP contribution is 2.06. The molecule has 0 aromatic carbocycles. The van der Waals surface area contributed by atoms with Gasteiger partial charge in [0, 0.05) is 50.2 Å². The molecule has 0 saturated carbocycles. The van der Waals surface area contributed by atoms with Crippen molar-refractivity contribution in [2.24, 2.45) is 0 Å². The van der Waals surface area contributed by atoms with Crippen molar-refractivity contribution in [3.8, 4) is 0 Å². The molecule has 1 saturated heterocycles. The molecular weight excluding hydrogens is 266 g/mol. The van der Waals surface area contributed by atoms with Gasteiger partial charge in [0.25, 0.3) is 0 Å². The second-order valence-electron chi connectivity index (χ2n) is 5.57. The standard InChI is InChI=1S/C15H23N5O/c1-3-19-4-5-21-14(11-19)9-16-7-13-8-17-15-6-12(2)18-20(15)10-13/h6,8,10,14,16H,3-5,7,9,11H2,1-2H3. The van der Waals surface area contributed by atoms with Crippen molar-refractivity contribution in [1.82, 2.24) is 24.8 Å². The molecule has 1 fully saturated rings. The van der Waals surface area contributed by atoms with Gasteiger partial charge in [0.05, 0.1) is 18.4 Å². The first-order chi connectivity index (χ1) is 10.2. The number of hydrogen-bond donors (Lipinski definition) is 1. The van der Waals surface area contributed by atoms with Crippen LogP contribution in [0.4, 0.5) is 0 Å². The Morgan fingerprint density at radius 3 is 3.24 bits per heavy atom. The summed E-state index contributed by atoms with van der Waals surface area (Å²) in [6, 6.07) is 1.98. The van der Waals surface area contributed by atoms with E-state index in [-0.39, 0.29) is 6.10 Å². The molecule has 2 aromatic rings. The van der Waals surface area contributed by atoms with Gasteiger partial charge in [-0.05, 0) is 13.5 Å². The second kappa shape index (κ2) is 6.51. The van der Waals surface area contributed by atoms with Gasteiger partial charge in [-0.1, -0.05) is 6.92 Å². The lowest BCUT2D eigenvalue weighted by molar-refractivity contribution is -0.0253. The Hall–Kier alpha value is -1.50. The van der Waals surface area contributed by atoms with Gasteiger partial charge in [0.15, 0.2) is 5.65 Å². The van der Waals surface area contributed by atoms with E-state index in [1.165, 1.54) is 0 Å². The summed E-state index contributed by atoms with van der Waals surface area (Å²) in [5, 5.41) is 7.84. The third-order valence-electron chi connectivity index (χ3n) is 3.86. The Balaban J connectivity index is 1.51. The molecule has 0 amide bonds. The van der Waals surface area contributed by atoms with Gasteiger partial charge in [-0.15, -0.1) is 0 Å². The van der Waals surface area contributed by atoms with E-state index >= 15 is 0 Å². The van der Waals surface area contributed by atoms with Crippen LogP contribution in [0.5, 0.6) is 0 Å². The van der Waals surface area contributed by atoms with Gasteiger partial charge in [-0.3, -0.25) is 4.90 Å². The van der Waals surface area contributed by atoms with Gasteiger partial charge in [0.1, 0.15) is 0 Å². The molecule has 0 radical (unpaired) electrons. The van der Waals surface area contributed by atoms with Crippen molar-refractivity contribution in [3.63, 3.8) is 0 Å². The zero-order valence-corrected chi connectivity index (χ0v) is 12.7. The molecule has 6 nitrogen and oxygen atoms in total. The maximum Gasteiger partial charge on any atom is 0.155 e. The molecule has 1 N–H and O–H groups in total. The maximum absolute atomic E-state index is 5.78. The van der Waals surface area contributed by atoms with E-state index in [0.29, 0.717) is 0 Å². The molecular formula is C15H23N5O. The summed E-state index contributed by atoms with van der Waals surface area (Å²) in [5.41, 5.74) is 3.02. The predicted molar refractivity (Wildman–Crippen MR) is 81.3 cm³/mol. The minimum Gasteiger partial charge on any atom is -0.374 e. The summed E-state index contributed by atoms with van der Waals surface area (Å²) in [5.74, 6) is 0. The number of ether oxygens (including phenoxy) is 1. The molecule has 1 aliphatic rings. The molecule has 2 aromatic heterocycles. The molecule has 0 bridgehead atoms. The third-order valence-corrected chi connectivity index (χ3v) is 3.86. The van der Waals surface area contributed by atoms with E-state index in [4.69, 9.17) is 4.74 Å². The fraction of sp³-hybridized carbons (Fsp3) is 0.600.